The Morgan fingerprint density at radius 1 is 1.28 bits per heavy atom. The third-order valence-corrected chi connectivity index (χ3v) is 6.19. The summed E-state index contributed by atoms with van der Waals surface area (Å²) in [5, 5.41) is 0. The van der Waals surface area contributed by atoms with Crippen molar-refractivity contribution in [2.45, 2.75) is 72.3 Å². The van der Waals surface area contributed by atoms with E-state index < -0.39 is 0 Å². The van der Waals surface area contributed by atoms with Gasteiger partial charge in [-0.05, 0) is 63.4 Å². The fourth-order valence-corrected chi connectivity index (χ4v) is 4.42. The van der Waals surface area contributed by atoms with Crippen LogP contribution in [0.2, 0.25) is 0 Å². The summed E-state index contributed by atoms with van der Waals surface area (Å²) in [6.45, 7) is 16.0. The molecule has 2 aliphatic rings. The Hall–Kier alpha value is -1.64. The van der Waals surface area contributed by atoms with Gasteiger partial charge in [-0.25, -0.2) is 0 Å². The molecule has 25 heavy (non-hydrogen) atoms. The van der Waals surface area contributed by atoms with Crippen LogP contribution in [0.1, 0.15) is 66.2 Å². The van der Waals surface area contributed by atoms with E-state index in [2.05, 4.69) is 33.1 Å². The molecule has 2 rings (SSSR count). The van der Waals surface area contributed by atoms with Crippen LogP contribution < -0.4 is 0 Å². The van der Waals surface area contributed by atoms with Gasteiger partial charge in [0, 0.05) is 18.8 Å². The highest BCUT2D eigenvalue weighted by Gasteiger charge is 2.50. The number of ketones is 1. The van der Waals surface area contributed by atoms with Gasteiger partial charge in [0.2, 0.25) is 0 Å². The van der Waals surface area contributed by atoms with Gasteiger partial charge in [0.25, 0.3) is 0 Å². The van der Waals surface area contributed by atoms with Gasteiger partial charge in [0.15, 0.2) is 0 Å². The summed E-state index contributed by atoms with van der Waals surface area (Å²) < 4.78 is 5.51. The van der Waals surface area contributed by atoms with Gasteiger partial charge in [-0.3, -0.25) is 9.59 Å². The van der Waals surface area contributed by atoms with E-state index >= 15 is 0 Å². The zero-order valence-electron chi connectivity index (χ0n) is 16.2. The molecule has 0 heterocycles. The number of fused-ring (bicyclic) bond motifs is 1. The van der Waals surface area contributed by atoms with Crippen molar-refractivity contribution in [3.63, 3.8) is 0 Å². The molecule has 0 N–H and O–H groups in total. The summed E-state index contributed by atoms with van der Waals surface area (Å²) >= 11 is 0. The van der Waals surface area contributed by atoms with Crippen molar-refractivity contribution in [2.24, 2.45) is 17.3 Å². The van der Waals surface area contributed by atoms with Crippen molar-refractivity contribution in [2.75, 3.05) is 0 Å². The van der Waals surface area contributed by atoms with Crippen LogP contribution in [0.4, 0.5) is 0 Å². The van der Waals surface area contributed by atoms with E-state index in [4.69, 9.17) is 4.74 Å². The maximum atomic E-state index is 12.8. The first-order valence-corrected chi connectivity index (χ1v) is 9.34. The third-order valence-electron chi connectivity index (χ3n) is 6.19. The highest BCUT2D eigenvalue weighted by Crippen LogP contribution is 2.52. The molecule has 1 saturated carbocycles. The second kappa shape index (κ2) is 7.72. The van der Waals surface area contributed by atoms with E-state index in [0.29, 0.717) is 12.2 Å². The zero-order valence-corrected chi connectivity index (χ0v) is 16.2. The first-order valence-electron chi connectivity index (χ1n) is 9.34. The van der Waals surface area contributed by atoms with Gasteiger partial charge in [-0.2, -0.15) is 0 Å². The van der Waals surface area contributed by atoms with E-state index in [1.165, 1.54) is 12.5 Å². The van der Waals surface area contributed by atoms with Crippen molar-refractivity contribution >= 4 is 11.8 Å². The lowest BCUT2D eigenvalue weighted by Crippen LogP contribution is -2.30. The summed E-state index contributed by atoms with van der Waals surface area (Å²) in [6, 6.07) is 0. The highest BCUT2D eigenvalue weighted by atomic mass is 16.5. The maximum Gasteiger partial charge on any atom is 0.303 e. The number of carbonyl (C=O) groups is 2. The topological polar surface area (TPSA) is 43.4 Å². The van der Waals surface area contributed by atoms with Crippen LogP contribution in [0.3, 0.4) is 0 Å². The maximum absolute atomic E-state index is 12.8. The predicted molar refractivity (Wildman–Crippen MR) is 101 cm³/mol. The molecule has 0 amide bonds. The number of allylic oxidation sites excluding steroid dienone is 3. The average Bonchev–Trinajstić information content (AvgIpc) is 2.77. The summed E-state index contributed by atoms with van der Waals surface area (Å²) in [5.74, 6) is 0.612. The van der Waals surface area contributed by atoms with Gasteiger partial charge in [0.05, 0.1) is 0 Å². The Kier molecular flexibility index (Phi) is 6.08. The number of carbonyl (C=O) groups excluding carboxylic acids is 2. The van der Waals surface area contributed by atoms with Crippen molar-refractivity contribution in [1.82, 2.24) is 0 Å². The number of esters is 1. The molecule has 0 radical (unpaired) electrons. The van der Waals surface area contributed by atoms with Crippen molar-refractivity contribution in [3.05, 3.63) is 36.0 Å². The summed E-state index contributed by atoms with van der Waals surface area (Å²) in [4.78, 5) is 24.3. The molecule has 138 valence electrons. The summed E-state index contributed by atoms with van der Waals surface area (Å²) in [7, 11) is 0. The van der Waals surface area contributed by atoms with Crippen LogP contribution in [0, 0.1) is 17.3 Å². The molecule has 0 aromatic rings. The molecule has 3 nitrogen and oxygen atoms in total. The Bertz CT molecular complexity index is 613. The standard InChI is InChI=1S/C22H32O3/c1-14(2)18-13-21(24)22(6)12-11-15(3)7-10-20(25-17(5)23)16(4)8-9-19(18)22/h11,18-20H,1,4,7-10,12-13H2,2-3,5-6H3/b15-11+/t18-,19+,20+,22-/m1/s1. The Balaban J connectivity index is 2.32. The smallest absolute Gasteiger partial charge is 0.303 e. The van der Waals surface area contributed by atoms with E-state index in [-0.39, 0.29) is 29.3 Å². The molecule has 2 aliphatic carbocycles. The SMILES string of the molecule is C=C1CC[C@H]2[C@@H](C(=C)C)CC(=O)[C@]2(C)C/C=C(\C)CC[C@@H]1OC(C)=O. The zero-order chi connectivity index (χ0) is 18.8. The normalized spacial score (nSPS) is 36.0. The molecule has 1 fully saturated rings. The van der Waals surface area contributed by atoms with Gasteiger partial charge in [0.1, 0.15) is 11.9 Å². The monoisotopic (exact) mass is 344 g/mol. The molecule has 0 saturated heterocycles. The fourth-order valence-electron chi connectivity index (χ4n) is 4.42. The highest BCUT2D eigenvalue weighted by molar-refractivity contribution is 5.88. The van der Waals surface area contributed by atoms with Crippen LogP contribution in [0.25, 0.3) is 0 Å². The molecule has 0 bridgehead atoms. The Labute approximate surface area is 152 Å². The molecule has 0 aromatic carbocycles. The Morgan fingerprint density at radius 3 is 2.56 bits per heavy atom. The van der Waals surface area contributed by atoms with Crippen molar-refractivity contribution in [1.29, 1.82) is 0 Å². The number of Topliss-reactive ketones (excluding diaryl/α,β-unsaturated/α-hetero) is 1. The molecular weight excluding hydrogens is 312 g/mol. The molecule has 4 atom stereocenters. The average molecular weight is 344 g/mol. The Morgan fingerprint density at radius 2 is 1.96 bits per heavy atom. The van der Waals surface area contributed by atoms with E-state index in [1.807, 2.05) is 6.92 Å². The van der Waals surface area contributed by atoms with E-state index in [1.54, 1.807) is 0 Å². The molecule has 0 aliphatic heterocycles. The summed E-state index contributed by atoms with van der Waals surface area (Å²) in [6.07, 6.45) is 6.67. The molecular formula is C22H32O3. The first-order chi connectivity index (χ1) is 11.6. The minimum Gasteiger partial charge on any atom is -0.458 e. The third kappa shape index (κ3) is 4.31. The van der Waals surface area contributed by atoms with E-state index in [9.17, 15) is 9.59 Å². The molecule has 3 heteroatoms. The second-order valence-electron chi connectivity index (χ2n) is 8.19. The number of hydrogen-bond donors (Lipinski definition) is 0. The minimum atomic E-state index is -0.327. The van der Waals surface area contributed by atoms with Gasteiger partial charge < -0.3 is 4.74 Å². The lowest BCUT2D eigenvalue weighted by molar-refractivity contribution is -0.144. The van der Waals surface area contributed by atoms with E-state index in [0.717, 1.165) is 43.3 Å². The largest absolute Gasteiger partial charge is 0.458 e. The molecule has 0 aromatic heterocycles. The molecule has 0 spiro atoms. The fraction of sp³-hybridized carbons (Fsp3) is 0.636. The van der Waals surface area contributed by atoms with Crippen molar-refractivity contribution < 1.29 is 14.3 Å². The quantitative estimate of drug-likeness (QED) is 0.512. The molecule has 0 unspecified atom stereocenters. The first kappa shape index (κ1) is 19.7. The lowest BCUT2D eigenvalue weighted by Gasteiger charge is -2.33. The number of ether oxygens (including phenoxy) is 1. The number of rotatable bonds is 2. The lowest BCUT2D eigenvalue weighted by atomic mass is 9.70. The summed E-state index contributed by atoms with van der Waals surface area (Å²) in [5.41, 5.74) is 2.98. The van der Waals surface area contributed by atoms with Crippen molar-refractivity contribution in [3.8, 4) is 0 Å². The van der Waals surface area contributed by atoms with Gasteiger partial charge >= 0.3 is 5.97 Å². The number of hydrogen-bond acceptors (Lipinski definition) is 3. The van der Waals surface area contributed by atoms with Crippen LogP contribution in [-0.2, 0) is 14.3 Å². The minimum absolute atomic E-state index is 0.231. The van der Waals surface area contributed by atoms with Crippen LogP contribution in [-0.4, -0.2) is 17.9 Å². The van der Waals surface area contributed by atoms with Crippen LogP contribution in [0.15, 0.2) is 36.0 Å². The van der Waals surface area contributed by atoms with Gasteiger partial charge in [-0.1, -0.05) is 37.3 Å². The predicted octanol–water partition coefficient (Wildman–Crippen LogP) is 5.17. The second-order valence-corrected chi connectivity index (χ2v) is 8.19. The van der Waals surface area contributed by atoms with Crippen LogP contribution >= 0.6 is 0 Å². The van der Waals surface area contributed by atoms with Gasteiger partial charge in [-0.15, -0.1) is 0 Å². The van der Waals surface area contributed by atoms with Crippen LogP contribution in [0.5, 0.6) is 0 Å².